The van der Waals surface area contributed by atoms with Crippen LogP contribution in [-0.4, -0.2) is 58.4 Å². The average molecular weight is 509 g/mol. The van der Waals surface area contributed by atoms with Gasteiger partial charge in [-0.05, 0) is 74.5 Å². The van der Waals surface area contributed by atoms with Crippen LogP contribution in [0.3, 0.4) is 0 Å². The number of fused-ring (bicyclic) bond motifs is 1. The van der Waals surface area contributed by atoms with Crippen molar-refractivity contribution in [1.82, 2.24) is 19.9 Å². The number of aromatic nitrogens is 2. The number of nitrogens with zero attached hydrogens (tertiary/aromatic N) is 5. The first-order valence-corrected chi connectivity index (χ1v) is 11.5. The highest BCUT2D eigenvalue weighted by atomic mass is 19.1. The summed E-state index contributed by atoms with van der Waals surface area (Å²) in [5.41, 5.74) is 4.14. The van der Waals surface area contributed by atoms with Crippen molar-refractivity contribution in [3.05, 3.63) is 88.6 Å². The molecular formula is C26H33FN8O2. The van der Waals surface area contributed by atoms with Crippen LogP contribution >= 0.6 is 0 Å². The lowest BCUT2D eigenvalue weighted by atomic mass is 10.1. The lowest BCUT2D eigenvalue weighted by Crippen LogP contribution is -2.44. The number of amidine groups is 1. The number of carbonyl (C=O) groups excluding carboxylic acids is 2. The Balaban J connectivity index is 0.000000203. The van der Waals surface area contributed by atoms with Gasteiger partial charge in [0, 0.05) is 37.9 Å². The van der Waals surface area contributed by atoms with Crippen molar-refractivity contribution in [2.24, 2.45) is 16.8 Å². The highest BCUT2D eigenvalue weighted by Gasteiger charge is 2.16. The Kier molecular flexibility index (Phi) is 11.3. The maximum absolute atomic E-state index is 12.1. The van der Waals surface area contributed by atoms with Crippen molar-refractivity contribution in [1.29, 1.82) is 0 Å². The van der Waals surface area contributed by atoms with Gasteiger partial charge in [-0.1, -0.05) is 6.07 Å². The molecule has 0 atom stereocenters. The van der Waals surface area contributed by atoms with Crippen molar-refractivity contribution >= 4 is 24.2 Å². The van der Waals surface area contributed by atoms with Crippen LogP contribution in [-0.2, 0) is 13.1 Å². The molecule has 2 aromatic heterocycles. The van der Waals surface area contributed by atoms with E-state index in [9.17, 15) is 14.0 Å². The van der Waals surface area contributed by atoms with Crippen LogP contribution in [0.25, 0.3) is 0 Å². The van der Waals surface area contributed by atoms with Crippen molar-refractivity contribution in [2.45, 2.75) is 33.0 Å². The molecule has 0 saturated carbocycles. The van der Waals surface area contributed by atoms with Gasteiger partial charge in [0.2, 0.25) is 0 Å². The second kappa shape index (κ2) is 14.4. The Morgan fingerprint density at radius 1 is 1.14 bits per heavy atom. The lowest BCUT2D eigenvalue weighted by Gasteiger charge is -2.23. The number of halogens is 1. The number of hydrogen-bond acceptors (Lipinski definition) is 9. The quantitative estimate of drug-likeness (QED) is 0.156. The molecule has 11 heteroatoms. The third-order valence-corrected chi connectivity index (χ3v) is 5.27. The molecule has 4 rings (SSSR count). The first-order chi connectivity index (χ1) is 17.7. The molecule has 5 N–H and O–H groups in total. The fourth-order valence-corrected chi connectivity index (χ4v) is 3.28. The second-order valence-electron chi connectivity index (χ2n) is 8.45. The first-order valence-electron chi connectivity index (χ1n) is 11.5. The maximum atomic E-state index is 12.1. The summed E-state index contributed by atoms with van der Waals surface area (Å²) in [5, 5.41) is 8.12. The van der Waals surface area contributed by atoms with Gasteiger partial charge in [0.25, 0.3) is 0 Å². The maximum Gasteiger partial charge on any atom is 0.188 e. The number of aldehydes is 2. The van der Waals surface area contributed by atoms with E-state index in [0.717, 1.165) is 25.2 Å². The molecule has 37 heavy (non-hydrogen) atoms. The number of nitrogens with two attached hydrogens (primary N) is 2. The fraction of sp³-hybridized carbons (Fsp3) is 0.269. The molecule has 0 bridgehead atoms. The summed E-state index contributed by atoms with van der Waals surface area (Å²) < 4.78 is 12.1. The number of hydrogen-bond donors (Lipinski definition) is 3. The van der Waals surface area contributed by atoms with E-state index in [-0.39, 0.29) is 11.9 Å². The number of anilines is 1. The number of benzene rings is 1. The fourth-order valence-electron chi connectivity index (χ4n) is 3.28. The number of hydrazine groups is 1. The molecule has 0 fully saturated rings. The summed E-state index contributed by atoms with van der Waals surface area (Å²) >= 11 is 0. The Hall–Kier alpha value is -4.22. The molecule has 1 aliphatic heterocycles. The van der Waals surface area contributed by atoms with Crippen LogP contribution in [0.4, 0.5) is 10.2 Å². The third kappa shape index (κ3) is 8.74. The number of rotatable bonds is 5. The van der Waals surface area contributed by atoms with Gasteiger partial charge in [0.05, 0.1) is 0 Å². The van der Waals surface area contributed by atoms with E-state index in [2.05, 4.69) is 32.3 Å². The third-order valence-electron chi connectivity index (χ3n) is 5.27. The summed E-state index contributed by atoms with van der Waals surface area (Å²) in [6.45, 7) is 5.78. The molecule has 0 spiro atoms. The molecule has 0 amide bonds. The highest BCUT2D eigenvalue weighted by Crippen LogP contribution is 2.20. The summed E-state index contributed by atoms with van der Waals surface area (Å²) in [7, 11) is 3.86. The van der Waals surface area contributed by atoms with E-state index in [1.807, 2.05) is 38.1 Å². The monoisotopic (exact) mass is 508 g/mol. The summed E-state index contributed by atoms with van der Waals surface area (Å²) in [4.78, 5) is 30.9. The van der Waals surface area contributed by atoms with Gasteiger partial charge in [0.1, 0.15) is 29.3 Å². The van der Waals surface area contributed by atoms with Crippen molar-refractivity contribution < 1.29 is 14.0 Å². The number of hydrazone groups is 1. The molecule has 10 nitrogen and oxygen atoms in total. The van der Waals surface area contributed by atoms with Gasteiger partial charge in [-0.25, -0.2) is 15.2 Å². The van der Waals surface area contributed by atoms with Gasteiger partial charge in [-0.2, -0.15) is 5.10 Å². The molecule has 3 aromatic rings. The molecule has 0 aliphatic carbocycles. The van der Waals surface area contributed by atoms with E-state index in [1.165, 1.54) is 40.4 Å². The van der Waals surface area contributed by atoms with Gasteiger partial charge in [-0.15, -0.1) is 0 Å². The van der Waals surface area contributed by atoms with Crippen LogP contribution in [0, 0.1) is 5.82 Å². The second-order valence-corrected chi connectivity index (χ2v) is 8.45. The lowest BCUT2D eigenvalue weighted by molar-refractivity contribution is 0.111. The van der Waals surface area contributed by atoms with Crippen LogP contribution < -0.4 is 17.0 Å². The molecule has 1 aliphatic rings. The zero-order valence-corrected chi connectivity index (χ0v) is 21.4. The van der Waals surface area contributed by atoms with E-state index in [4.69, 9.17) is 11.7 Å². The molecule has 3 heterocycles. The highest BCUT2D eigenvalue weighted by molar-refractivity contribution is 5.96. The topological polar surface area (TPSA) is 143 Å². The number of pyridine rings is 2. The van der Waals surface area contributed by atoms with Gasteiger partial charge < -0.3 is 11.2 Å². The van der Waals surface area contributed by atoms with E-state index >= 15 is 0 Å². The first kappa shape index (κ1) is 29.0. The van der Waals surface area contributed by atoms with E-state index in [1.54, 1.807) is 13.2 Å². The zero-order chi connectivity index (χ0) is 27.4. The van der Waals surface area contributed by atoms with Crippen molar-refractivity contribution in [3.8, 4) is 0 Å². The Bertz CT molecular complexity index is 1200. The minimum atomic E-state index is -0.319. The van der Waals surface area contributed by atoms with Crippen molar-refractivity contribution in [2.75, 3.05) is 19.4 Å². The van der Waals surface area contributed by atoms with Crippen molar-refractivity contribution in [3.63, 3.8) is 0 Å². The summed E-state index contributed by atoms with van der Waals surface area (Å²) in [6, 6.07) is 12.9. The van der Waals surface area contributed by atoms with Crippen LogP contribution in [0.1, 0.15) is 51.5 Å². The Labute approximate surface area is 216 Å². The van der Waals surface area contributed by atoms with Crippen LogP contribution in [0.15, 0.2) is 59.8 Å². The standard InChI is InChI=1S/C10H18N6.C9H10N2O.C7H5FO/c1-7(2)16(12)10(15-11)8-5-4-6-9(13-3)14-8;1-11-4-7-2-9(6-12)10-3-8(7)5-11;8-7-3-1-6(5-9)2-4-7/h4-7H,11-12H2,1-3H3,(H,13,14);2-3,6H,4-5H2,1H3;1-5H/b15-10-;;. The molecule has 0 radical (unpaired) electrons. The molecule has 0 saturated heterocycles. The number of nitrogens with one attached hydrogen (secondary N) is 1. The summed E-state index contributed by atoms with van der Waals surface area (Å²) in [5.74, 6) is 12.1. The molecular weight excluding hydrogens is 475 g/mol. The normalized spacial score (nSPS) is 12.5. The van der Waals surface area contributed by atoms with Gasteiger partial charge in [0.15, 0.2) is 12.1 Å². The molecule has 0 unspecified atom stereocenters. The SMILES string of the molecule is CN1Cc2cnc(C=O)cc2C1.CNc1cccc(/C(=N/N)N(N)C(C)C)n1.O=Cc1ccc(F)cc1. The Morgan fingerprint density at radius 3 is 2.38 bits per heavy atom. The van der Waals surface area contributed by atoms with E-state index < -0.39 is 0 Å². The predicted octanol–water partition coefficient (Wildman–Crippen LogP) is 2.81. The van der Waals surface area contributed by atoms with E-state index in [0.29, 0.717) is 29.1 Å². The molecule has 196 valence electrons. The predicted molar refractivity (Wildman–Crippen MR) is 142 cm³/mol. The minimum Gasteiger partial charge on any atom is -0.373 e. The van der Waals surface area contributed by atoms with Gasteiger partial charge >= 0.3 is 0 Å². The van der Waals surface area contributed by atoms with Crippen LogP contribution in [0.5, 0.6) is 0 Å². The Morgan fingerprint density at radius 2 is 1.81 bits per heavy atom. The molecule has 1 aromatic carbocycles. The number of carbonyl (C=O) groups is 2. The van der Waals surface area contributed by atoms with Gasteiger partial charge in [-0.3, -0.25) is 24.5 Å². The summed E-state index contributed by atoms with van der Waals surface area (Å²) in [6.07, 6.45) is 3.26. The largest absolute Gasteiger partial charge is 0.373 e. The average Bonchev–Trinajstić information content (AvgIpc) is 3.29. The smallest absolute Gasteiger partial charge is 0.188 e. The minimum absolute atomic E-state index is 0.0994. The van der Waals surface area contributed by atoms with Crippen LogP contribution in [0.2, 0.25) is 0 Å². The zero-order valence-electron chi connectivity index (χ0n) is 21.4.